The van der Waals surface area contributed by atoms with Crippen molar-refractivity contribution in [2.45, 2.75) is 19.8 Å². The molecule has 1 N–H and O–H groups in total. The van der Waals surface area contributed by atoms with Gasteiger partial charge in [0.2, 0.25) is 0 Å². The molecule has 0 radical (unpaired) electrons. The van der Waals surface area contributed by atoms with E-state index in [1.807, 2.05) is 23.0 Å². The van der Waals surface area contributed by atoms with E-state index in [-0.39, 0.29) is 5.75 Å². The average Bonchev–Trinajstić information content (AvgIpc) is 3.39. The molecular weight excluding hydrogens is 350 g/mol. The summed E-state index contributed by atoms with van der Waals surface area (Å²) in [5.74, 6) is 1.76. The normalized spacial score (nSPS) is 14.1. The zero-order chi connectivity index (χ0) is 19.1. The number of hydrogen-bond donors (Lipinski definition) is 1. The lowest BCUT2D eigenvalue weighted by Gasteiger charge is -2.17. The van der Waals surface area contributed by atoms with Crippen molar-refractivity contribution in [1.82, 2.24) is 19.5 Å². The lowest BCUT2D eigenvalue weighted by atomic mass is 10.2. The minimum absolute atomic E-state index is 0.231. The van der Waals surface area contributed by atoms with Crippen molar-refractivity contribution in [2.75, 3.05) is 18.0 Å². The van der Waals surface area contributed by atoms with Gasteiger partial charge < -0.3 is 10.0 Å². The van der Waals surface area contributed by atoms with Crippen LogP contribution in [0.3, 0.4) is 0 Å². The van der Waals surface area contributed by atoms with Crippen molar-refractivity contribution < 1.29 is 5.11 Å². The molecule has 28 heavy (non-hydrogen) atoms. The van der Waals surface area contributed by atoms with Gasteiger partial charge in [-0.05, 0) is 56.2 Å². The Morgan fingerprint density at radius 1 is 0.893 bits per heavy atom. The predicted octanol–water partition coefficient (Wildman–Crippen LogP) is 4.10. The maximum atomic E-state index is 9.62. The molecular formula is C22H21N5O. The third-order valence-corrected chi connectivity index (χ3v) is 5.22. The van der Waals surface area contributed by atoms with Gasteiger partial charge in [0.15, 0.2) is 22.8 Å². The van der Waals surface area contributed by atoms with E-state index in [0.717, 1.165) is 41.3 Å². The van der Waals surface area contributed by atoms with Crippen molar-refractivity contribution in [2.24, 2.45) is 0 Å². The summed E-state index contributed by atoms with van der Waals surface area (Å²) >= 11 is 0. The van der Waals surface area contributed by atoms with E-state index < -0.39 is 0 Å². The Balaban J connectivity index is 1.73. The molecule has 0 atom stereocenters. The van der Waals surface area contributed by atoms with Crippen LogP contribution in [0, 0.1) is 6.92 Å². The zero-order valence-electron chi connectivity index (χ0n) is 15.7. The Bertz CT molecular complexity index is 1130. The van der Waals surface area contributed by atoms with Gasteiger partial charge in [-0.15, -0.1) is 0 Å². The monoisotopic (exact) mass is 371 g/mol. The fourth-order valence-electron chi connectivity index (χ4n) is 3.67. The number of imidazole rings is 1. The number of benzene rings is 2. The summed E-state index contributed by atoms with van der Waals surface area (Å²) in [4.78, 5) is 16.7. The maximum absolute atomic E-state index is 9.62. The van der Waals surface area contributed by atoms with E-state index in [0.29, 0.717) is 5.82 Å². The number of rotatable bonds is 3. The summed E-state index contributed by atoms with van der Waals surface area (Å²) in [6, 6.07) is 15.3. The van der Waals surface area contributed by atoms with Crippen molar-refractivity contribution in [1.29, 1.82) is 0 Å². The molecule has 0 bridgehead atoms. The van der Waals surface area contributed by atoms with Gasteiger partial charge in [0.05, 0.1) is 0 Å². The van der Waals surface area contributed by atoms with Crippen LogP contribution in [0.2, 0.25) is 0 Å². The standard InChI is InChI=1S/C22H21N5O/c1-15-4-8-17(9-5-15)27-14-23-19-21(26-12-2-3-13-26)24-20(25-22(19)27)16-6-10-18(28)11-7-16/h4-11,14,28H,2-3,12-13H2,1H3. The van der Waals surface area contributed by atoms with Gasteiger partial charge in [0.25, 0.3) is 0 Å². The summed E-state index contributed by atoms with van der Waals surface area (Å²) in [5.41, 5.74) is 4.73. The molecule has 0 amide bonds. The van der Waals surface area contributed by atoms with Crippen LogP contribution in [0.4, 0.5) is 5.82 Å². The quantitative estimate of drug-likeness (QED) is 0.587. The molecule has 1 aliphatic rings. The van der Waals surface area contributed by atoms with E-state index in [2.05, 4.69) is 41.1 Å². The molecule has 140 valence electrons. The van der Waals surface area contributed by atoms with E-state index in [1.54, 1.807) is 12.1 Å². The number of nitrogens with zero attached hydrogens (tertiary/aromatic N) is 5. The lowest BCUT2D eigenvalue weighted by molar-refractivity contribution is 0.475. The minimum Gasteiger partial charge on any atom is -0.508 e. The minimum atomic E-state index is 0.231. The van der Waals surface area contributed by atoms with Crippen LogP contribution < -0.4 is 4.90 Å². The fraction of sp³-hybridized carbons (Fsp3) is 0.227. The lowest BCUT2D eigenvalue weighted by Crippen LogP contribution is -2.20. The van der Waals surface area contributed by atoms with Crippen LogP contribution in [-0.4, -0.2) is 37.7 Å². The van der Waals surface area contributed by atoms with Gasteiger partial charge in [0.1, 0.15) is 12.1 Å². The van der Waals surface area contributed by atoms with Gasteiger partial charge in [-0.2, -0.15) is 0 Å². The van der Waals surface area contributed by atoms with Crippen LogP contribution in [0.1, 0.15) is 18.4 Å². The average molecular weight is 371 g/mol. The number of hydrogen-bond acceptors (Lipinski definition) is 5. The number of phenolic OH excluding ortho intramolecular Hbond substituents is 1. The highest BCUT2D eigenvalue weighted by atomic mass is 16.3. The Hall–Kier alpha value is -3.41. The van der Waals surface area contributed by atoms with E-state index in [4.69, 9.17) is 9.97 Å². The van der Waals surface area contributed by atoms with Gasteiger partial charge in [-0.3, -0.25) is 4.57 Å². The largest absolute Gasteiger partial charge is 0.508 e. The Morgan fingerprint density at radius 2 is 1.61 bits per heavy atom. The highest BCUT2D eigenvalue weighted by Crippen LogP contribution is 2.30. The first-order valence-electron chi connectivity index (χ1n) is 9.55. The number of aryl methyl sites for hydroxylation is 1. The first-order valence-corrected chi connectivity index (χ1v) is 9.55. The number of aromatic hydroxyl groups is 1. The van der Waals surface area contributed by atoms with E-state index >= 15 is 0 Å². The molecule has 5 rings (SSSR count). The molecule has 0 spiro atoms. The molecule has 0 saturated carbocycles. The predicted molar refractivity (Wildman–Crippen MR) is 110 cm³/mol. The van der Waals surface area contributed by atoms with Crippen molar-refractivity contribution in [3.05, 3.63) is 60.4 Å². The smallest absolute Gasteiger partial charge is 0.170 e. The number of aromatic nitrogens is 4. The van der Waals surface area contributed by atoms with Crippen LogP contribution in [0.5, 0.6) is 5.75 Å². The summed E-state index contributed by atoms with van der Waals surface area (Å²) in [6.45, 7) is 4.05. The van der Waals surface area contributed by atoms with Crippen molar-refractivity contribution >= 4 is 17.0 Å². The SMILES string of the molecule is Cc1ccc(-n2cnc3c(N4CCCC4)nc(-c4ccc(O)cc4)nc32)cc1. The summed E-state index contributed by atoms with van der Waals surface area (Å²) in [5, 5.41) is 9.62. The molecule has 3 heterocycles. The third-order valence-electron chi connectivity index (χ3n) is 5.22. The van der Waals surface area contributed by atoms with Crippen LogP contribution >= 0.6 is 0 Å². The summed E-state index contributed by atoms with van der Waals surface area (Å²) in [6.07, 6.45) is 4.15. The molecule has 6 heteroatoms. The molecule has 2 aromatic heterocycles. The highest BCUT2D eigenvalue weighted by Gasteiger charge is 2.22. The maximum Gasteiger partial charge on any atom is 0.170 e. The van der Waals surface area contributed by atoms with Crippen molar-refractivity contribution in [3.63, 3.8) is 0 Å². The fourth-order valence-corrected chi connectivity index (χ4v) is 3.67. The summed E-state index contributed by atoms with van der Waals surface area (Å²) < 4.78 is 2.01. The number of fused-ring (bicyclic) bond motifs is 1. The molecule has 1 fully saturated rings. The second-order valence-corrected chi connectivity index (χ2v) is 7.23. The van der Waals surface area contributed by atoms with E-state index in [9.17, 15) is 5.11 Å². The molecule has 2 aromatic carbocycles. The molecule has 4 aromatic rings. The summed E-state index contributed by atoms with van der Waals surface area (Å²) in [7, 11) is 0. The molecule has 1 saturated heterocycles. The van der Waals surface area contributed by atoms with Gasteiger partial charge in [-0.1, -0.05) is 17.7 Å². The number of anilines is 1. The van der Waals surface area contributed by atoms with Gasteiger partial charge in [0, 0.05) is 24.3 Å². The Labute approximate surface area is 163 Å². The van der Waals surface area contributed by atoms with Crippen LogP contribution in [-0.2, 0) is 0 Å². The first-order chi connectivity index (χ1) is 13.7. The zero-order valence-corrected chi connectivity index (χ0v) is 15.7. The highest BCUT2D eigenvalue weighted by molar-refractivity contribution is 5.87. The molecule has 0 unspecified atom stereocenters. The third kappa shape index (κ3) is 2.87. The first kappa shape index (κ1) is 16.7. The van der Waals surface area contributed by atoms with Gasteiger partial charge >= 0.3 is 0 Å². The van der Waals surface area contributed by atoms with Gasteiger partial charge in [-0.25, -0.2) is 15.0 Å². The second kappa shape index (κ2) is 6.64. The van der Waals surface area contributed by atoms with E-state index in [1.165, 1.54) is 18.4 Å². The van der Waals surface area contributed by atoms with Crippen LogP contribution in [0.15, 0.2) is 54.9 Å². The Kier molecular flexibility index (Phi) is 3.97. The number of phenols is 1. The van der Waals surface area contributed by atoms with Crippen molar-refractivity contribution in [3.8, 4) is 22.8 Å². The molecule has 1 aliphatic heterocycles. The Morgan fingerprint density at radius 3 is 2.32 bits per heavy atom. The molecule has 6 nitrogen and oxygen atoms in total. The van der Waals surface area contributed by atoms with Crippen LogP contribution in [0.25, 0.3) is 28.2 Å². The second-order valence-electron chi connectivity index (χ2n) is 7.23. The molecule has 0 aliphatic carbocycles. The topological polar surface area (TPSA) is 67.1 Å².